The van der Waals surface area contributed by atoms with Crippen molar-refractivity contribution >= 4 is 11.6 Å². The second kappa shape index (κ2) is 7.82. The van der Waals surface area contributed by atoms with E-state index in [0.29, 0.717) is 17.5 Å². The molecule has 10 heteroatoms. The minimum absolute atomic E-state index is 0.0950. The molecule has 0 saturated carbocycles. The topological polar surface area (TPSA) is 89.8 Å². The van der Waals surface area contributed by atoms with Gasteiger partial charge in [-0.2, -0.15) is 13.2 Å². The summed E-state index contributed by atoms with van der Waals surface area (Å²) in [6.45, 7) is 3.44. The summed E-state index contributed by atoms with van der Waals surface area (Å²) in [5.41, 5.74) is -0.304. The Hall–Kier alpha value is -3.56. The van der Waals surface area contributed by atoms with E-state index < -0.39 is 23.2 Å². The molecule has 0 aliphatic heterocycles. The molecule has 29 heavy (non-hydrogen) atoms. The van der Waals surface area contributed by atoms with Crippen molar-refractivity contribution in [3.63, 3.8) is 0 Å². The van der Waals surface area contributed by atoms with Crippen LogP contribution in [0.4, 0.5) is 18.9 Å². The minimum atomic E-state index is -4.60. The van der Waals surface area contributed by atoms with Gasteiger partial charge in [0.1, 0.15) is 5.56 Å². The number of nitrogens with zero attached hydrogens (tertiary/aromatic N) is 4. The summed E-state index contributed by atoms with van der Waals surface area (Å²) >= 11 is 0. The number of aromatic nitrogens is 4. The van der Waals surface area contributed by atoms with E-state index in [9.17, 15) is 22.8 Å². The number of alkyl halides is 3. The van der Waals surface area contributed by atoms with Crippen LogP contribution >= 0.6 is 0 Å². The van der Waals surface area contributed by atoms with E-state index in [-0.39, 0.29) is 17.8 Å². The van der Waals surface area contributed by atoms with E-state index in [0.717, 1.165) is 18.0 Å². The number of hydrogen-bond donors (Lipinski definition) is 1. The molecule has 3 aromatic rings. The first kappa shape index (κ1) is 20.2. The maximum Gasteiger partial charge on any atom is 0.417 e. The van der Waals surface area contributed by atoms with Crippen molar-refractivity contribution in [1.82, 2.24) is 19.5 Å². The second-order valence-corrected chi connectivity index (χ2v) is 6.37. The Bertz CT molecular complexity index is 1110. The fourth-order valence-corrected chi connectivity index (χ4v) is 2.60. The molecule has 0 radical (unpaired) electrons. The van der Waals surface area contributed by atoms with E-state index in [1.807, 2.05) is 0 Å². The number of anilines is 1. The van der Waals surface area contributed by atoms with E-state index in [1.165, 1.54) is 17.0 Å². The van der Waals surface area contributed by atoms with Crippen LogP contribution in [0.15, 0.2) is 47.9 Å². The van der Waals surface area contributed by atoms with Crippen LogP contribution in [0.2, 0.25) is 0 Å². The molecule has 3 heterocycles. The predicted octanol–water partition coefficient (Wildman–Crippen LogP) is 2.97. The molecular weight excluding hydrogens is 387 g/mol. The molecule has 0 spiro atoms. The number of hydrogen-bond acceptors (Lipinski definition) is 5. The Balaban J connectivity index is 1.89. The SMILES string of the molecule is Cc1cnc(Cn2ccc(C)c(C(=O)Nc3cncc(C(F)(F)F)c3)c2=O)cn1. The number of carbonyl (C=O) groups is 1. The van der Waals surface area contributed by atoms with Crippen molar-refractivity contribution in [2.45, 2.75) is 26.6 Å². The summed E-state index contributed by atoms with van der Waals surface area (Å²) in [6, 6.07) is 2.33. The molecule has 0 saturated heterocycles. The van der Waals surface area contributed by atoms with Crippen LogP contribution in [-0.4, -0.2) is 25.4 Å². The lowest BCUT2D eigenvalue weighted by Crippen LogP contribution is -2.30. The molecule has 0 fully saturated rings. The molecular formula is C19H16F3N5O2. The highest BCUT2D eigenvalue weighted by Gasteiger charge is 2.31. The molecule has 3 aromatic heterocycles. The largest absolute Gasteiger partial charge is 0.417 e. The van der Waals surface area contributed by atoms with E-state index in [1.54, 1.807) is 26.1 Å². The normalized spacial score (nSPS) is 11.3. The fraction of sp³-hybridized carbons (Fsp3) is 0.211. The number of pyridine rings is 2. The van der Waals surface area contributed by atoms with Gasteiger partial charge in [0.05, 0.1) is 41.6 Å². The molecule has 0 bridgehead atoms. The number of rotatable bonds is 4. The molecule has 1 N–H and O–H groups in total. The molecule has 0 aliphatic carbocycles. The number of nitrogens with one attached hydrogen (secondary N) is 1. The average Bonchev–Trinajstić information content (AvgIpc) is 2.65. The minimum Gasteiger partial charge on any atom is -0.320 e. The molecule has 0 atom stereocenters. The Morgan fingerprint density at radius 2 is 1.90 bits per heavy atom. The molecule has 3 rings (SSSR count). The van der Waals surface area contributed by atoms with Crippen molar-refractivity contribution < 1.29 is 18.0 Å². The van der Waals surface area contributed by atoms with Crippen LogP contribution in [-0.2, 0) is 12.7 Å². The van der Waals surface area contributed by atoms with Gasteiger partial charge >= 0.3 is 6.18 Å². The van der Waals surface area contributed by atoms with Crippen LogP contribution in [0.25, 0.3) is 0 Å². The highest BCUT2D eigenvalue weighted by molar-refractivity contribution is 6.04. The summed E-state index contributed by atoms with van der Waals surface area (Å²) in [5.74, 6) is -0.821. The van der Waals surface area contributed by atoms with Crippen molar-refractivity contribution in [1.29, 1.82) is 0 Å². The highest BCUT2D eigenvalue weighted by Crippen LogP contribution is 2.30. The first-order valence-corrected chi connectivity index (χ1v) is 8.46. The van der Waals surface area contributed by atoms with Crippen molar-refractivity contribution in [2.24, 2.45) is 0 Å². The van der Waals surface area contributed by atoms with Gasteiger partial charge in [-0.05, 0) is 31.5 Å². The third-order valence-electron chi connectivity index (χ3n) is 4.09. The first-order valence-electron chi connectivity index (χ1n) is 8.46. The molecule has 150 valence electrons. The van der Waals surface area contributed by atoms with Gasteiger partial charge in [0.15, 0.2) is 0 Å². The molecule has 0 unspecified atom stereocenters. The summed E-state index contributed by atoms with van der Waals surface area (Å²) in [7, 11) is 0. The standard InChI is InChI=1S/C19H16F3N5O2/c1-11-3-4-27(10-15-9-24-12(2)6-25-15)18(29)16(11)17(28)26-14-5-13(7-23-8-14)19(20,21)22/h3-9H,10H2,1-2H3,(H,26,28). The summed E-state index contributed by atoms with van der Waals surface area (Å²) < 4.78 is 39.8. The van der Waals surface area contributed by atoms with E-state index in [2.05, 4.69) is 20.3 Å². The van der Waals surface area contributed by atoms with Gasteiger partial charge in [-0.25, -0.2) is 0 Å². The molecule has 7 nitrogen and oxygen atoms in total. The third kappa shape index (κ3) is 4.65. The van der Waals surface area contributed by atoms with Gasteiger partial charge < -0.3 is 9.88 Å². The zero-order valence-corrected chi connectivity index (χ0v) is 15.5. The van der Waals surface area contributed by atoms with Gasteiger partial charge in [-0.15, -0.1) is 0 Å². The maximum atomic E-state index is 12.8. The van der Waals surface area contributed by atoms with Gasteiger partial charge in [0, 0.05) is 18.6 Å². The number of halogens is 3. The van der Waals surface area contributed by atoms with Gasteiger partial charge in [-0.1, -0.05) is 0 Å². The van der Waals surface area contributed by atoms with Gasteiger partial charge in [-0.3, -0.25) is 24.5 Å². The highest BCUT2D eigenvalue weighted by atomic mass is 19.4. The van der Waals surface area contributed by atoms with E-state index in [4.69, 9.17) is 0 Å². The Labute approximate surface area is 163 Å². The predicted molar refractivity (Wildman–Crippen MR) is 98.5 cm³/mol. The summed E-state index contributed by atoms with van der Waals surface area (Å²) in [6.07, 6.45) is 1.73. The quantitative estimate of drug-likeness (QED) is 0.723. The third-order valence-corrected chi connectivity index (χ3v) is 4.09. The smallest absolute Gasteiger partial charge is 0.320 e. The Kier molecular flexibility index (Phi) is 5.44. The maximum absolute atomic E-state index is 12.8. The van der Waals surface area contributed by atoms with E-state index >= 15 is 0 Å². The number of carbonyl (C=O) groups excluding carboxylic acids is 1. The Morgan fingerprint density at radius 1 is 1.14 bits per heavy atom. The van der Waals surface area contributed by atoms with Crippen LogP contribution in [0.1, 0.15) is 32.9 Å². The lowest BCUT2D eigenvalue weighted by Gasteiger charge is -2.12. The van der Waals surface area contributed by atoms with Gasteiger partial charge in [0.25, 0.3) is 11.5 Å². The lowest BCUT2D eigenvalue weighted by atomic mass is 10.1. The van der Waals surface area contributed by atoms with Gasteiger partial charge in [0.2, 0.25) is 0 Å². The second-order valence-electron chi connectivity index (χ2n) is 6.37. The van der Waals surface area contributed by atoms with Crippen LogP contribution in [0.3, 0.4) is 0 Å². The zero-order chi connectivity index (χ0) is 21.2. The zero-order valence-electron chi connectivity index (χ0n) is 15.5. The van der Waals surface area contributed by atoms with Crippen LogP contribution in [0, 0.1) is 13.8 Å². The Morgan fingerprint density at radius 3 is 2.55 bits per heavy atom. The van der Waals surface area contributed by atoms with Crippen molar-refractivity contribution in [2.75, 3.05) is 5.32 Å². The molecule has 0 aliphatic rings. The van der Waals surface area contributed by atoms with Crippen LogP contribution in [0.5, 0.6) is 0 Å². The fourth-order valence-electron chi connectivity index (χ4n) is 2.60. The number of aryl methyl sites for hydroxylation is 2. The molecule has 0 aromatic carbocycles. The number of amides is 1. The van der Waals surface area contributed by atoms with Crippen molar-refractivity contribution in [3.8, 4) is 0 Å². The van der Waals surface area contributed by atoms with Crippen molar-refractivity contribution in [3.05, 3.63) is 81.5 Å². The van der Waals surface area contributed by atoms with Crippen LogP contribution < -0.4 is 10.9 Å². The first-order chi connectivity index (χ1) is 13.6. The molecule has 1 amide bonds. The monoisotopic (exact) mass is 403 g/mol. The average molecular weight is 403 g/mol. The lowest BCUT2D eigenvalue weighted by molar-refractivity contribution is -0.137. The summed E-state index contributed by atoms with van der Waals surface area (Å²) in [5, 5.41) is 2.31. The summed E-state index contributed by atoms with van der Waals surface area (Å²) in [4.78, 5) is 37.2.